The molecule has 3 aromatic carbocycles. The van der Waals surface area contributed by atoms with Crippen LogP contribution in [0.25, 0.3) is 0 Å². The third-order valence-electron chi connectivity index (χ3n) is 6.39. The molecular formula is C31H38N2O6. The molecule has 208 valence electrons. The van der Waals surface area contributed by atoms with Crippen molar-refractivity contribution in [3.05, 3.63) is 95.1 Å². The van der Waals surface area contributed by atoms with Gasteiger partial charge in [-0.3, -0.25) is 4.79 Å². The summed E-state index contributed by atoms with van der Waals surface area (Å²) in [6, 6.07) is 22.2. The summed E-state index contributed by atoms with van der Waals surface area (Å²) >= 11 is 0. The van der Waals surface area contributed by atoms with Crippen molar-refractivity contribution >= 4 is 11.9 Å². The monoisotopic (exact) mass is 534 g/mol. The highest BCUT2D eigenvalue weighted by Gasteiger charge is 2.22. The zero-order valence-corrected chi connectivity index (χ0v) is 22.6. The Balaban J connectivity index is 1.76. The topological polar surface area (TPSA) is 120 Å². The highest BCUT2D eigenvalue weighted by molar-refractivity contribution is 5.96. The number of aliphatic hydroxyl groups is 1. The van der Waals surface area contributed by atoms with E-state index in [1.165, 1.54) is 5.56 Å². The molecule has 1 amide bonds. The van der Waals surface area contributed by atoms with Crippen molar-refractivity contribution in [1.82, 2.24) is 5.32 Å². The molecule has 0 spiro atoms. The quantitative estimate of drug-likeness (QED) is 0.183. The van der Waals surface area contributed by atoms with Crippen molar-refractivity contribution in [3.63, 3.8) is 0 Å². The van der Waals surface area contributed by atoms with Gasteiger partial charge in [0.25, 0.3) is 5.91 Å². The van der Waals surface area contributed by atoms with Crippen LogP contribution in [0.4, 0.5) is 0 Å². The van der Waals surface area contributed by atoms with Gasteiger partial charge in [-0.1, -0.05) is 36.4 Å². The van der Waals surface area contributed by atoms with Crippen LogP contribution in [0.3, 0.4) is 0 Å². The average Bonchev–Trinajstić information content (AvgIpc) is 2.96. The van der Waals surface area contributed by atoms with E-state index in [-0.39, 0.29) is 18.2 Å². The zero-order chi connectivity index (χ0) is 28.0. The van der Waals surface area contributed by atoms with Crippen molar-refractivity contribution < 1.29 is 28.9 Å². The average molecular weight is 535 g/mol. The molecule has 0 radical (unpaired) electrons. The number of unbranched alkanes of at least 4 members (excludes halogenated alkanes) is 1. The maximum absolute atomic E-state index is 13.0. The SMILES string of the molecule is COc1ccc(C(=O)OC(CNC(C)CCc2ccccc2)c2ccc(OCCCCO)c(C(N)=O)c2)cc1. The van der Waals surface area contributed by atoms with E-state index in [9.17, 15) is 9.59 Å². The molecular weight excluding hydrogens is 496 g/mol. The van der Waals surface area contributed by atoms with Crippen LogP contribution in [0.15, 0.2) is 72.8 Å². The molecule has 0 aliphatic heterocycles. The Hall–Kier alpha value is -3.88. The summed E-state index contributed by atoms with van der Waals surface area (Å²) in [4.78, 5) is 25.3. The Morgan fingerprint density at radius 3 is 2.41 bits per heavy atom. The van der Waals surface area contributed by atoms with Crippen LogP contribution in [0, 0.1) is 0 Å². The summed E-state index contributed by atoms with van der Waals surface area (Å²) in [6.45, 7) is 2.84. The number of amides is 1. The van der Waals surface area contributed by atoms with E-state index >= 15 is 0 Å². The van der Waals surface area contributed by atoms with Crippen LogP contribution >= 0.6 is 0 Å². The van der Waals surface area contributed by atoms with Crippen LogP contribution < -0.4 is 20.5 Å². The fraction of sp³-hybridized carbons (Fsp3) is 0.355. The van der Waals surface area contributed by atoms with Gasteiger partial charge in [0.2, 0.25) is 0 Å². The first-order valence-electron chi connectivity index (χ1n) is 13.2. The third kappa shape index (κ3) is 9.42. The van der Waals surface area contributed by atoms with Gasteiger partial charge in [0.05, 0.1) is 24.8 Å². The van der Waals surface area contributed by atoms with Crippen LogP contribution in [-0.2, 0) is 11.2 Å². The number of carbonyl (C=O) groups is 2. The molecule has 8 nitrogen and oxygen atoms in total. The minimum atomic E-state index is -0.680. The molecule has 0 heterocycles. The number of hydrogen-bond donors (Lipinski definition) is 3. The lowest BCUT2D eigenvalue weighted by Crippen LogP contribution is -2.32. The van der Waals surface area contributed by atoms with E-state index in [1.54, 1.807) is 49.6 Å². The lowest BCUT2D eigenvalue weighted by molar-refractivity contribution is 0.0291. The second kappa shape index (κ2) is 15.5. The van der Waals surface area contributed by atoms with Gasteiger partial charge in [0, 0.05) is 19.2 Å². The molecule has 3 rings (SSSR count). The van der Waals surface area contributed by atoms with Gasteiger partial charge in [0.15, 0.2) is 0 Å². The predicted molar refractivity (Wildman–Crippen MR) is 150 cm³/mol. The van der Waals surface area contributed by atoms with E-state index in [4.69, 9.17) is 25.1 Å². The van der Waals surface area contributed by atoms with Crippen LogP contribution in [-0.4, -0.2) is 49.9 Å². The first-order valence-corrected chi connectivity index (χ1v) is 13.2. The summed E-state index contributed by atoms with van der Waals surface area (Å²) in [6.07, 6.45) is 2.38. The predicted octanol–water partition coefficient (Wildman–Crippen LogP) is 4.45. The highest BCUT2D eigenvalue weighted by Crippen LogP contribution is 2.27. The van der Waals surface area contributed by atoms with Gasteiger partial charge in [-0.15, -0.1) is 0 Å². The molecule has 0 aromatic heterocycles. The summed E-state index contributed by atoms with van der Waals surface area (Å²) in [5.74, 6) is -0.143. The maximum Gasteiger partial charge on any atom is 0.338 e. The number of nitrogens with one attached hydrogen (secondary N) is 1. The Morgan fingerprint density at radius 2 is 1.74 bits per heavy atom. The number of rotatable bonds is 16. The first-order chi connectivity index (χ1) is 18.9. The number of esters is 1. The number of aryl methyl sites for hydroxylation is 1. The van der Waals surface area contributed by atoms with Gasteiger partial charge in [-0.05, 0) is 80.1 Å². The van der Waals surface area contributed by atoms with Gasteiger partial charge in [-0.2, -0.15) is 0 Å². The number of primary amides is 1. The number of benzene rings is 3. The van der Waals surface area contributed by atoms with Crippen molar-refractivity contribution in [1.29, 1.82) is 0 Å². The third-order valence-corrected chi connectivity index (χ3v) is 6.39. The summed E-state index contributed by atoms with van der Waals surface area (Å²) in [5, 5.41) is 12.5. The van der Waals surface area contributed by atoms with E-state index in [1.807, 2.05) is 18.2 Å². The van der Waals surface area contributed by atoms with E-state index in [0.717, 1.165) is 12.8 Å². The molecule has 2 unspecified atom stereocenters. The molecule has 0 aliphatic rings. The minimum Gasteiger partial charge on any atom is -0.497 e. The van der Waals surface area contributed by atoms with E-state index in [0.29, 0.717) is 48.6 Å². The molecule has 4 N–H and O–H groups in total. The molecule has 2 atom stereocenters. The number of ether oxygens (including phenoxy) is 3. The van der Waals surface area contributed by atoms with Gasteiger partial charge < -0.3 is 30.4 Å². The van der Waals surface area contributed by atoms with Gasteiger partial charge >= 0.3 is 5.97 Å². The standard InChI is InChI=1S/C31H38N2O6/c1-22(10-11-23-8-4-3-5-9-23)33-21-29(39-31(36)24-12-15-26(37-2)16-13-24)25-14-17-28(27(20-25)30(32)35)38-19-7-6-18-34/h3-5,8-9,12-17,20,22,29,33-34H,6-7,10-11,18-19,21H2,1-2H3,(H2,32,35). The van der Waals surface area contributed by atoms with Crippen LogP contribution in [0.2, 0.25) is 0 Å². The molecule has 3 aromatic rings. The summed E-state index contributed by atoms with van der Waals surface area (Å²) in [5.41, 5.74) is 8.13. The lowest BCUT2D eigenvalue weighted by atomic mass is 10.0. The lowest BCUT2D eigenvalue weighted by Gasteiger charge is -2.23. The van der Waals surface area contributed by atoms with Crippen molar-refractivity contribution in [3.8, 4) is 11.5 Å². The maximum atomic E-state index is 13.0. The smallest absolute Gasteiger partial charge is 0.338 e. The van der Waals surface area contributed by atoms with Gasteiger partial charge in [0.1, 0.15) is 17.6 Å². The van der Waals surface area contributed by atoms with Crippen LogP contribution in [0.1, 0.15) is 64.1 Å². The number of carbonyl (C=O) groups excluding carboxylic acids is 2. The number of aliphatic hydroxyl groups excluding tert-OH is 1. The second-order valence-corrected chi connectivity index (χ2v) is 9.36. The van der Waals surface area contributed by atoms with Crippen molar-refractivity contribution in [2.24, 2.45) is 5.73 Å². The Labute approximate surface area is 230 Å². The van der Waals surface area contributed by atoms with E-state index in [2.05, 4.69) is 24.4 Å². The normalized spacial score (nSPS) is 12.4. The second-order valence-electron chi connectivity index (χ2n) is 9.36. The van der Waals surface area contributed by atoms with Crippen molar-refractivity contribution in [2.45, 2.75) is 44.8 Å². The molecule has 0 aliphatic carbocycles. The molecule has 0 saturated carbocycles. The largest absolute Gasteiger partial charge is 0.497 e. The van der Waals surface area contributed by atoms with Gasteiger partial charge in [-0.25, -0.2) is 4.79 Å². The Bertz CT molecular complexity index is 1180. The molecule has 0 saturated heterocycles. The van der Waals surface area contributed by atoms with E-state index < -0.39 is 18.0 Å². The molecule has 0 bridgehead atoms. The molecule has 8 heteroatoms. The fourth-order valence-corrected chi connectivity index (χ4v) is 4.05. The Morgan fingerprint density at radius 1 is 1.00 bits per heavy atom. The summed E-state index contributed by atoms with van der Waals surface area (Å²) < 4.78 is 16.8. The molecule has 0 fully saturated rings. The zero-order valence-electron chi connectivity index (χ0n) is 22.6. The number of methoxy groups -OCH3 is 1. The number of hydrogen-bond acceptors (Lipinski definition) is 7. The summed E-state index contributed by atoms with van der Waals surface area (Å²) in [7, 11) is 1.56. The molecule has 39 heavy (non-hydrogen) atoms. The first kappa shape index (κ1) is 29.7. The number of nitrogens with two attached hydrogens (primary N) is 1. The fourth-order valence-electron chi connectivity index (χ4n) is 4.05. The Kier molecular flexibility index (Phi) is 11.8. The minimum absolute atomic E-state index is 0.0724. The van der Waals surface area contributed by atoms with Crippen LogP contribution in [0.5, 0.6) is 11.5 Å². The highest BCUT2D eigenvalue weighted by atomic mass is 16.5. The van der Waals surface area contributed by atoms with Crippen molar-refractivity contribution in [2.75, 3.05) is 26.9 Å².